The minimum absolute atomic E-state index is 0.360. The van der Waals surface area contributed by atoms with Crippen molar-refractivity contribution in [2.45, 2.75) is 89.0 Å². The van der Waals surface area contributed by atoms with Crippen LogP contribution in [0.1, 0.15) is 58.3 Å². The largest absolute Gasteiger partial charge is 0.479 e. The van der Waals surface area contributed by atoms with Gasteiger partial charge in [0.1, 0.15) is 18.3 Å². The molecule has 0 aliphatic carbocycles. The minimum Gasteiger partial charge on any atom is -0.479 e. The summed E-state index contributed by atoms with van der Waals surface area (Å²) in [5.74, 6) is -1.51. The first-order valence-electron chi connectivity index (χ1n) is 8.53. The van der Waals surface area contributed by atoms with E-state index in [2.05, 4.69) is 6.92 Å². The molecule has 23 heavy (non-hydrogen) atoms. The molecular weight excluding hydrogens is 304 g/mol. The van der Waals surface area contributed by atoms with Gasteiger partial charge in [-0.3, -0.25) is 0 Å². The van der Waals surface area contributed by atoms with Crippen molar-refractivity contribution in [1.29, 1.82) is 0 Å². The molecule has 0 saturated carbocycles. The lowest BCUT2D eigenvalue weighted by Crippen LogP contribution is -2.42. The summed E-state index contributed by atoms with van der Waals surface area (Å²) < 4.78 is 10.5. The van der Waals surface area contributed by atoms with E-state index in [1.807, 2.05) is 0 Å². The van der Waals surface area contributed by atoms with Gasteiger partial charge in [0.2, 0.25) is 0 Å². The van der Waals surface area contributed by atoms with E-state index >= 15 is 0 Å². The zero-order valence-electron chi connectivity index (χ0n) is 13.8. The van der Waals surface area contributed by atoms with Crippen LogP contribution in [0.4, 0.5) is 0 Å². The number of carboxylic acids is 1. The molecule has 0 aromatic heterocycles. The van der Waals surface area contributed by atoms with E-state index in [0.717, 1.165) is 19.3 Å². The zero-order valence-corrected chi connectivity index (χ0v) is 13.8. The number of ether oxygens (including phenoxy) is 2. The van der Waals surface area contributed by atoms with Crippen molar-refractivity contribution in [2.75, 3.05) is 6.61 Å². The van der Waals surface area contributed by atoms with Crippen LogP contribution in [0.3, 0.4) is 0 Å². The predicted octanol–water partition coefficient (Wildman–Crippen LogP) is 1.04. The van der Waals surface area contributed by atoms with Crippen LogP contribution in [-0.4, -0.2) is 63.7 Å². The molecule has 1 rings (SSSR count). The lowest BCUT2D eigenvalue weighted by atomic mass is 10.1. The van der Waals surface area contributed by atoms with Crippen molar-refractivity contribution in [2.24, 2.45) is 0 Å². The van der Waals surface area contributed by atoms with Crippen LogP contribution < -0.4 is 0 Å². The molecule has 7 heteroatoms. The molecule has 4 N–H and O–H groups in total. The lowest BCUT2D eigenvalue weighted by molar-refractivity contribution is -0.186. The molecule has 5 atom stereocenters. The fourth-order valence-electron chi connectivity index (χ4n) is 2.65. The van der Waals surface area contributed by atoms with Gasteiger partial charge in [-0.05, 0) is 6.42 Å². The van der Waals surface area contributed by atoms with Gasteiger partial charge in [-0.25, -0.2) is 4.79 Å². The second-order valence-electron chi connectivity index (χ2n) is 6.08. The average Bonchev–Trinajstić information content (AvgIpc) is 2.80. The summed E-state index contributed by atoms with van der Waals surface area (Å²) in [4.78, 5) is 10.7. The number of hydrogen-bond donors (Lipinski definition) is 4. The van der Waals surface area contributed by atoms with Crippen LogP contribution in [0.25, 0.3) is 0 Å². The fourth-order valence-corrected chi connectivity index (χ4v) is 2.65. The van der Waals surface area contributed by atoms with E-state index in [-0.39, 0.29) is 0 Å². The first-order chi connectivity index (χ1) is 11.0. The quantitative estimate of drug-likeness (QED) is 0.394. The Labute approximate surface area is 137 Å². The van der Waals surface area contributed by atoms with Gasteiger partial charge in [0.15, 0.2) is 12.4 Å². The SMILES string of the molecule is CCCCCCCCCCO[C@@H]1O[C@@H]([C@H](O)C(=O)O)[C@H](O)[C@H]1O. The molecule has 0 bridgehead atoms. The number of carboxylic acid groups (broad SMARTS) is 1. The Kier molecular flexibility index (Phi) is 9.66. The van der Waals surface area contributed by atoms with Gasteiger partial charge in [0.25, 0.3) is 0 Å². The number of aliphatic hydroxyl groups is 3. The average molecular weight is 334 g/mol. The molecule has 136 valence electrons. The summed E-state index contributed by atoms with van der Waals surface area (Å²) in [6.45, 7) is 2.55. The third-order valence-corrected chi connectivity index (χ3v) is 4.10. The van der Waals surface area contributed by atoms with Crippen LogP contribution >= 0.6 is 0 Å². The first-order valence-corrected chi connectivity index (χ1v) is 8.53. The van der Waals surface area contributed by atoms with Crippen molar-refractivity contribution in [1.82, 2.24) is 0 Å². The second-order valence-corrected chi connectivity index (χ2v) is 6.08. The number of aliphatic carboxylic acids is 1. The highest BCUT2D eigenvalue weighted by Crippen LogP contribution is 2.25. The van der Waals surface area contributed by atoms with Gasteiger partial charge in [-0.2, -0.15) is 0 Å². The normalized spacial score (nSPS) is 28.9. The highest BCUT2D eigenvalue weighted by molar-refractivity contribution is 5.72. The lowest BCUT2D eigenvalue weighted by Gasteiger charge is -2.17. The summed E-state index contributed by atoms with van der Waals surface area (Å²) in [5.41, 5.74) is 0. The highest BCUT2D eigenvalue weighted by Gasteiger charge is 2.48. The van der Waals surface area contributed by atoms with Crippen LogP contribution in [0.5, 0.6) is 0 Å². The maximum atomic E-state index is 10.7. The van der Waals surface area contributed by atoms with Crippen molar-refractivity contribution < 1.29 is 34.7 Å². The Balaban J connectivity index is 2.14. The molecule has 0 aromatic rings. The Bertz CT molecular complexity index is 336. The van der Waals surface area contributed by atoms with Crippen LogP contribution in [0.15, 0.2) is 0 Å². The monoisotopic (exact) mass is 334 g/mol. The maximum absolute atomic E-state index is 10.7. The first kappa shape index (κ1) is 20.3. The van der Waals surface area contributed by atoms with Gasteiger partial charge >= 0.3 is 5.97 Å². The van der Waals surface area contributed by atoms with Crippen molar-refractivity contribution in [3.05, 3.63) is 0 Å². The summed E-state index contributed by atoms with van der Waals surface area (Å²) in [6, 6.07) is 0. The zero-order chi connectivity index (χ0) is 17.2. The van der Waals surface area contributed by atoms with Crippen LogP contribution in [-0.2, 0) is 14.3 Å². The van der Waals surface area contributed by atoms with Gasteiger partial charge in [-0.15, -0.1) is 0 Å². The van der Waals surface area contributed by atoms with Gasteiger partial charge in [0, 0.05) is 6.61 Å². The van der Waals surface area contributed by atoms with Gasteiger partial charge in [-0.1, -0.05) is 51.9 Å². The Hall–Kier alpha value is -0.730. The van der Waals surface area contributed by atoms with Crippen LogP contribution in [0, 0.1) is 0 Å². The Morgan fingerprint density at radius 2 is 1.61 bits per heavy atom. The summed E-state index contributed by atoms with van der Waals surface area (Å²) >= 11 is 0. The van der Waals surface area contributed by atoms with Gasteiger partial charge in [0.05, 0.1) is 0 Å². The summed E-state index contributed by atoms with van der Waals surface area (Å²) in [6.07, 6.45) is 1.98. The maximum Gasteiger partial charge on any atom is 0.335 e. The second kappa shape index (κ2) is 10.9. The number of aliphatic hydroxyl groups excluding tert-OH is 3. The minimum atomic E-state index is -1.89. The van der Waals surface area contributed by atoms with E-state index in [1.165, 1.54) is 32.1 Å². The number of carbonyl (C=O) groups is 1. The number of unbranched alkanes of at least 4 members (excludes halogenated alkanes) is 7. The molecule has 0 unspecified atom stereocenters. The molecule has 0 spiro atoms. The highest BCUT2D eigenvalue weighted by atomic mass is 16.7. The van der Waals surface area contributed by atoms with E-state index in [0.29, 0.717) is 6.61 Å². The Morgan fingerprint density at radius 3 is 2.17 bits per heavy atom. The number of hydrogen-bond acceptors (Lipinski definition) is 6. The van der Waals surface area contributed by atoms with E-state index in [4.69, 9.17) is 14.6 Å². The molecule has 0 aromatic carbocycles. The summed E-state index contributed by atoms with van der Waals surface area (Å²) in [7, 11) is 0. The van der Waals surface area contributed by atoms with E-state index in [9.17, 15) is 20.1 Å². The topological polar surface area (TPSA) is 116 Å². The molecular formula is C16H30O7. The van der Waals surface area contributed by atoms with Crippen LogP contribution in [0.2, 0.25) is 0 Å². The molecule has 0 radical (unpaired) electrons. The van der Waals surface area contributed by atoms with E-state index < -0.39 is 36.7 Å². The van der Waals surface area contributed by atoms with Gasteiger partial charge < -0.3 is 29.9 Å². The van der Waals surface area contributed by atoms with E-state index in [1.54, 1.807) is 0 Å². The molecule has 1 heterocycles. The molecule has 1 fully saturated rings. The predicted molar refractivity (Wildman–Crippen MR) is 82.9 cm³/mol. The summed E-state index contributed by atoms with van der Waals surface area (Å²) in [5, 5.41) is 37.6. The van der Waals surface area contributed by atoms with Crippen molar-refractivity contribution in [3.63, 3.8) is 0 Å². The van der Waals surface area contributed by atoms with Crippen molar-refractivity contribution in [3.8, 4) is 0 Å². The standard InChI is InChI=1S/C16H30O7/c1-2-3-4-5-6-7-8-9-10-22-16-12(18)11(17)14(23-16)13(19)15(20)21/h11-14,16-19H,2-10H2,1H3,(H,20,21)/t11-,12-,13+,14-,16-/m1/s1. The Morgan fingerprint density at radius 1 is 1.04 bits per heavy atom. The molecule has 1 aliphatic rings. The smallest absolute Gasteiger partial charge is 0.335 e. The fraction of sp³-hybridized carbons (Fsp3) is 0.938. The molecule has 0 amide bonds. The molecule has 1 saturated heterocycles. The number of rotatable bonds is 12. The third-order valence-electron chi connectivity index (χ3n) is 4.10. The third kappa shape index (κ3) is 6.73. The van der Waals surface area contributed by atoms with Crippen molar-refractivity contribution >= 4 is 5.97 Å². The molecule has 7 nitrogen and oxygen atoms in total. The molecule has 1 aliphatic heterocycles.